The fourth-order valence-corrected chi connectivity index (χ4v) is 2.13. The first-order valence-electron chi connectivity index (χ1n) is 5.99. The van der Waals surface area contributed by atoms with Gasteiger partial charge in [0, 0.05) is 15.8 Å². The summed E-state index contributed by atoms with van der Waals surface area (Å²) in [5, 5.41) is 2.88. The first-order valence-corrected chi connectivity index (χ1v) is 6.78. The van der Waals surface area contributed by atoms with E-state index in [4.69, 9.17) is 5.73 Å². The third-order valence-corrected chi connectivity index (χ3v) is 3.65. The van der Waals surface area contributed by atoms with Crippen molar-refractivity contribution >= 4 is 33.2 Å². The van der Waals surface area contributed by atoms with E-state index in [-0.39, 0.29) is 11.8 Å². The maximum atomic E-state index is 12.2. The molecule has 1 amide bonds. The quantitative estimate of drug-likeness (QED) is 0.846. The molecule has 4 heteroatoms. The summed E-state index contributed by atoms with van der Waals surface area (Å²) < 4.78 is 0.776. The molecule has 1 unspecified atom stereocenters. The van der Waals surface area contributed by atoms with Crippen molar-refractivity contribution in [3.63, 3.8) is 0 Å². The number of rotatable bonds is 3. The number of halogens is 1. The molecule has 0 radical (unpaired) electrons. The molecule has 2 aromatic rings. The topological polar surface area (TPSA) is 55.1 Å². The molecule has 3 N–H and O–H groups in total. The number of anilines is 2. The zero-order chi connectivity index (χ0) is 13.8. The molecule has 2 rings (SSSR count). The van der Waals surface area contributed by atoms with Crippen molar-refractivity contribution < 1.29 is 4.79 Å². The molecule has 0 fully saturated rings. The molecule has 0 heterocycles. The Morgan fingerprint density at radius 3 is 2.53 bits per heavy atom. The number of hydrogen-bond donors (Lipinski definition) is 2. The number of carbonyl (C=O) groups excluding carboxylic acids is 1. The minimum Gasteiger partial charge on any atom is -0.398 e. The van der Waals surface area contributed by atoms with Crippen LogP contribution in [0.4, 0.5) is 11.4 Å². The van der Waals surface area contributed by atoms with Crippen LogP contribution < -0.4 is 11.1 Å². The number of carbonyl (C=O) groups is 1. The molecule has 0 bridgehead atoms. The minimum atomic E-state index is -0.197. The van der Waals surface area contributed by atoms with Crippen LogP contribution in [0.2, 0.25) is 0 Å². The molecule has 0 aliphatic heterocycles. The third-order valence-electron chi connectivity index (χ3n) is 2.96. The largest absolute Gasteiger partial charge is 0.398 e. The zero-order valence-corrected chi connectivity index (χ0v) is 12.1. The summed E-state index contributed by atoms with van der Waals surface area (Å²) in [6.45, 7) is 1.89. The molecular formula is C15H15BrN2O. The fraction of sp³-hybridized carbons (Fsp3) is 0.133. The lowest BCUT2D eigenvalue weighted by Gasteiger charge is -2.13. The smallest absolute Gasteiger partial charge is 0.231 e. The molecule has 0 aromatic heterocycles. The van der Waals surface area contributed by atoms with Gasteiger partial charge in [0.2, 0.25) is 5.91 Å². The van der Waals surface area contributed by atoms with E-state index in [1.54, 1.807) is 18.2 Å². The summed E-state index contributed by atoms with van der Waals surface area (Å²) in [5.41, 5.74) is 8.08. The Bertz CT molecular complexity index is 584. The Hall–Kier alpha value is -1.81. The first kappa shape index (κ1) is 13.6. The van der Waals surface area contributed by atoms with Crippen LogP contribution in [-0.2, 0) is 4.79 Å². The highest BCUT2D eigenvalue weighted by atomic mass is 79.9. The number of amides is 1. The van der Waals surface area contributed by atoms with Crippen molar-refractivity contribution in [2.24, 2.45) is 0 Å². The molecule has 0 spiro atoms. The minimum absolute atomic E-state index is 0.0390. The number of benzene rings is 2. The second-order valence-corrected chi connectivity index (χ2v) is 5.21. The Balaban J connectivity index is 2.10. The van der Waals surface area contributed by atoms with Crippen LogP contribution in [0.1, 0.15) is 18.4 Å². The Labute approximate surface area is 121 Å². The van der Waals surface area contributed by atoms with Gasteiger partial charge in [-0.2, -0.15) is 0 Å². The van der Waals surface area contributed by atoms with E-state index >= 15 is 0 Å². The molecule has 2 aromatic carbocycles. The number of hydrogen-bond acceptors (Lipinski definition) is 2. The molecular weight excluding hydrogens is 304 g/mol. The highest BCUT2D eigenvalue weighted by Gasteiger charge is 2.15. The van der Waals surface area contributed by atoms with Gasteiger partial charge in [-0.3, -0.25) is 4.79 Å². The van der Waals surface area contributed by atoms with Gasteiger partial charge < -0.3 is 11.1 Å². The second-order valence-electron chi connectivity index (χ2n) is 4.36. The summed E-state index contributed by atoms with van der Waals surface area (Å²) in [7, 11) is 0. The van der Waals surface area contributed by atoms with E-state index in [1.165, 1.54) is 0 Å². The maximum Gasteiger partial charge on any atom is 0.231 e. The van der Waals surface area contributed by atoms with E-state index in [0.717, 1.165) is 15.7 Å². The highest BCUT2D eigenvalue weighted by molar-refractivity contribution is 9.10. The molecule has 0 aliphatic carbocycles. The molecule has 0 saturated heterocycles. The fourth-order valence-electron chi connectivity index (χ4n) is 1.75. The summed E-state index contributed by atoms with van der Waals surface area (Å²) in [5.74, 6) is -0.236. The number of nitrogen functional groups attached to an aromatic ring is 1. The number of nitrogens with two attached hydrogens (primary N) is 1. The Kier molecular flexibility index (Phi) is 4.22. The third kappa shape index (κ3) is 3.35. The van der Waals surface area contributed by atoms with Gasteiger partial charge in [0.05, 0.1) is 5.92 Å². The van der Waals surface area contributed by atoms with Crippen LogP contribution in [0.5, 0.6) is 0 Å². The monoisotopic (exact) mass is 318 g/mol. The van der Waals surface area contributed by atoms with Gasteiger partial charge in [-0.05, 0) is 46.6 Å². The standard InChI is InChI=1S/C15H15BrN2O/c1-10(11-5-3-2-4-6-11)15(19)18-12-7-8-14(17)13(16)9-12/h2-10H,17H2,1H3,(H,18,19). The Morgan fingerprint density at radius 2 is 1.89 bits per heavy atom. The van der Waals surface area contributed by atoms with E-state index in [1.807, 2.05) is 37.3 Å². The molecule has 0 aliphatic rings. The van der Waals surface area contributed by atoms with Crippen molar-refractivity contribution in [3.8, 4) is 0 Å². The molecule has 19 heavy (non-hydrogen) atoms. The van der Waals surface area contributed by atoms with Crippen molar-refractivity contribution in [2.45, 2.75) is 12.8 Å². The summed E-state index contributed by atoms with van der Waals surface area (Å²) in [6, 6.07) is 15.0. The lowest BCUT2D eigenvalue weighted by Crippen LogP contribution is -2.18. The van der Waals surface area contributed by atoms with Crippen LogP contribution in [0.15, 0.2) is 53.0 Å². The van der Waals surface area contributed by atoms with Crippen molar-refractivity contribution in [3.05, 3.63) is 58.6 Å². The lowest BCUT2D eigenvalue weighted by atomic mass is 10.0. The van der Waals surface area contributed by atoms with Gasteiger partial charge in [-0.25, -0.2) is 0 Å². The van der Waals surface area contributed by atoms with E-state index in [9.17, 15) is 4.79 Å². The SMILES string of the molecule is CC(C(=O)Nc1ccc(N)c(Br)c1)c1ccccc1. The molecule has 1 atom stereocenters. The van der Waals surface area contributed by atoms with Gasteiger partial charge in [-0.15, -0.1) is 0 Å². The predicted octanol–water partition coefficient (Wildman–Crippen LogP) is 3.77. The van der Waals surface area contributed by atoms with Gasteiger partial charge in [-0.1, -0.05) is 30.3 Å². The van der Waals surface area contributed by atoms with Crippen LogP contribution in [0.3, 0.4) is 0 Å². The van der Waals surface area contributed by atoms with Crippen LogP contribution in [-0.4, -0.2) is 5.91 Å². The average Bonchev–Trinajstić information content (AvgIpc) is 2.43. The van der Waals surface area contributed by atoms with Gasteiger partial charge in [0.25, 0.3) is 0 Å². The molecule has 98 valence electrons. The zero-order valence-electron chi connectivity index (χ0n) is 10.6. The van der Waals surface area contributed by atoms with Crippen molar-refractivity contribution in [1.29, 1.82) is 0 Å². The lowest BCUT2D eigenvalue weighted by molar-refractivity contribution is -0.117. The van der Waals surface area contributed by atoms with E-state index in [2.05, 4.69) is 21.2 Å². The second kappa shape index (κ2) is 5.89. The van der Waals surface area contributed by atoms with E-state index < -0.39 is 0 Å². The molecule has 0 saturated carbocycles. The molecule has 3 nitrogen and oxygen atoms in total. The summed E-state index contributed by atoms with van der Waals surface area (Å²) >= 11 is 3.34. The van der Waals surface area contributed by atoms with Gasteiger partial charge >= 0.3 is 0 Å². The van der Waals surface area contributed by atoms with Crippen LogP contribution in [0, 0.1) is 0 Å². The van der Waals surface area contributed by atoms with E-state index in [0.29, 0.717) is 5.69 Å². The van der Waals surface area contributed by atoms with Crippen LogP contribution >= 0.6 is 15.9 Å². The normalized spacial score (nSPS) is 11.9. The van der Waals surface area contributed by atoms with Crippen molar-refractivity contribution in [1.82, 2.24) is 0 Å². The number of nitrogens with one attached hydrogen (secondary N) is 1. The summed E-state index contributed by atoms with van der Waals surface area (Å²) in [6.07, 6.45) is 0. The highest BCUT2D eigenvalue weighted by Crippen LogP contribution is 2.24. The predicted molar refractivity (Wildman–Crippen MR) is 82.0 cm³/mol. The maximum absolute atomic E-state index is 12.2. The van der Waals surface area contributed by atoms with Gasteiger partial charge in [0.1, 0.15) is 0 Å². The van der Waals surface area contributed by atoms with Gasteiger partial charge in [0.15, 0.2) is 0 Å². The van der Waals surface area contributed by atoms with Crippen molar-refractivity contribution in [2.75, 3.05) is 11.1 Å². The summed E-state index contributed by atoms with van der Waals surface area (Å²) in [4.78, 5) is 12.2. The van der Waals surface area contributed by atoms with Crippen LogP contribution in [0.25, 0.3) is 0 Å². The first-order chi connectivity index (χ1) is 9.08. The Morgan fingerprint density at radius 1 is 1.21 bits per heavy atom. The average molecular weight is 319 g/mol.